The van der Waals surface area contributed by atoms with Gasteiger partial charge in [0.1, 0.15) is 17.5 Å². The van der Waals surface area contributed by atoms with E-state index in [0.29, 0.717) is 6.54 Å². The smallest absolute Gasteiger partial charge is 0.137 e. The van der Waals surface area contributed by atoms with E-state index in [0.717, 1.165) is 42.4 Å². The minimum Gasteiger partial charge on any atom is -0.395 e. The Balaban J connectivity index is 3.17. The monoisotopic (exact) mass is 252 g/mol. The van der Waals surface area contributed by atoms with E-state index in [1.807, 2.05) is 14.0 Å². The lowest BCUT2D eigenvalue weighted by atomic mass is 10.2. The van der Waals surface area contributed by atoms with Crippen LogP contribution in [0.25, 0.3) is 0 Å². The van der Waals surface area contributed by atoms with Crippen molar-refractivity contribution in [3.8, 4) is 0 Å². The fourth-order valence-corrected chi connectivity index (χ4v) is 1.97. The van der Waals surface area contributed by atoms with Gasteiger partial charge in [0.2, 0.25) is 0 Å². The number of nitrogens with zero attached hydrogens (tertiary/aromatic N) is 3. The summed E-state index contributed by atoms with van der Waals surface area (Å²) in [5, 5.41) is 12.2. The van der Waals surface area contributed by atoms with Crippen LogP contribution in [0.1, 0.15) is 31.7 Å². The Morgan fingerprint density at radius 3 is 2.50 bits per heavy atom. The van der Waals surface area contributed by atoms with Gasteiger partial charge in [-0.3, -0.25) is 0 Å². The predicted octanol–water partition coefficient (Wildman–Crippen LogP) is 1.60. The fraction of sp³-hybridized carbons (Fsp3) is 0.692. The standard InChI is InChI=1S/C13H24N4O/c1-5-7-11-15-12(14-4)10(3)13(16-11)17(6-2)8-9-18/h18H,5-9H2,1-4H3,(H,14,15,16). The molecular formula is C13H24N4O. The third-order valence-electron chi connectivity index (χ3n) is 2.93. The van der Waals surface area contributed by atoms with Crippen molar-refractivity contribution in [1.82, 2.24) is 9.97 Å². The van der Waals surface area contributed by atoms with Gasteiger partial charge in [0.15, 0.2) is 0 Å². The van der Waals surface area contributed by atoms with Crippen molar-refractivity contribution in [3.05, 3.63) is 11.4 Å². The molecule has 0 saturated heterocycles. The summed E-state index contributed by atoms with van der Waals surface area (Å²) in [5.74, 6) is 2.66. The lowest BCUT2D eigenvalue weighted by Gasteiger charge is -2.24. The zero-order valence-corrected chi connectivity index (χ0v) is 11.8. The molecule has 5 nitrogen and oxygen atoms in total. The first-order valence-corrected chi connectivity index (χ1v) is 6.58. The highest BCUT2D eigenvalue weighted by Crippen LogP contribution is 2.23. The summed E-state index contributed by atoms with van der Waals surface area (Å²) in [6.45, 7) is 7.76. The van der Waals surface area contributed by atoms with Crippen LogP contribution in [0.4, 0.5) is 11.6 Å². The molecule has 0 bridgehead atoms. The normalized spacial score (nSPS) is 10.5. The van der Waals surface area contributed by atoms with E-state index in [-0.39, 0.29) is 6.61 Å². The first kappa shape index (κ1) is 14.7. The molecule has 1 aromatic heterocycles. The number of aromatic nitrogens is 2. The maximum atomic E-state index is 9.12. The third-order valence-corrected chi connectivity index (χ3v) is 2.93. The molecule has 18 heavy (non-hydrogen) atoms. The van der Waals surface area contributed by atoms with E-state index in [1.165, 1.54) is 0 Å². The summed E-state index contributed by atoms with van der Waals surface area (Å²) < 4.78 is 0. The second-order valence-corrected chi connectivity index (χ2v) is 4.24. The molecule has 0 aliphatic rings. The van der Waals surface area contributed by atoms with Gasteiger partial charge < -0.3 is 15.3 Å². The van der Waals surface area contributed by atoms with E-state index >= 15 is 0 Å². The first-order valence-electron chi connectivity index (χ1n) is 6.58. The second-order valence-electron chi connectivity index (χ2n) is 4.24. The number of hydrogen-bond donors (Lipinski definition) is 2. The van der Waals surface area contributed by atoms with Gasteiger partial charge in [-0.25, -0.2) is 9.97 Å². The van der Waals surface area contributed by atoms with Crippen molar-refractivity contribution in [2.24, 2.45) is 0 Å². The Labute approximate surface area is 109 Å². The summed E-state index contributed by atoms with van der Waals surface area (Å²) >= 11 is 0. The average molecular weight is 252 g/mol. The molecule has 0 aromatic carbocycles. The van der Waals surface area contributed by atoms with Crippen LogP contribution < -0.4 is 10.2 Å². The van der Waals surface area contributed by atoms with E-state index in [2.05, 4.69) is 34.0 Å². The molecule has 0 spiro atoms. The molecule has 0 amide bonds. The molecule has 0 aliphatic heterocycles. The zero-order chi connectivity index (χ0) is 13.5. The molecule has 1 rings (SSSR count). The Morgan fingerprint density at radius 1 is 1.28 bits per heavy atom. The maximum absolute atomic E-state index is 9.12. The Kier molecular flexibility index (Phi) is 5.85. The van der Waals surface area contributed by atoms with Crippen molar-refractivity contribution in [1.29, 1.82) is 0 Å². The topological polar surface area (TPSA) is 61.3 Å². The van der Waals surface area contributed by atoms with Gasteiger partial charge in [0.05, 0.1) is 6.61 Å². The fourth-order valence-electron chi connectivity index (χ4n) is 1.97. The van der Waals surface area contributed by atoms with Gasteiger partial charge in [-0.2, -0.15) is 0 Å². The minimum absolute atomic E-state index is 0.134. The quantitative estimate of drug-likeness (QED) is 0.772. The van der Waals surface area contributed by atoms with E-state index < -0.39 is 0 Å². The molecule has 1 aromatic rings. The predicted molar refractivity (Wildman–Crippen MR) is 75.3 cm³/mol. The van der Waals surface area contributed by atoms with E-state index in [4.69, 9.17) is 5.11 Å². The van der Waals surface area contributed by atoms with Crippen LogP contribution in [0.2, 0.25) is 0 Å². The van der Waals surface area contributed by atoms with Crippen LogP contribution in [-0.2, 0) is 6.42 Å². The number of rotatable bonds is 7. The summed E-state index contributed by atoms with van der Waals surface area (Å²) in [6, 6.07) is 0. The highest BCUT2D eigenvalue weighted by molar-refractivity contribution is 5.58. The van der Waals surface area contributed by atoms with Gasteiger partial charge in [0.25, 0.3) is 0 Å². The van der Waals surface area contributed by atoms with Gasteiger partial charge in [-0.05, 0) is 20.3 Å². The summed E-state index contributed by atoms with van der Waals surface area (Å²) in [6.07, 6.45) is 1.90. The Hall–Kier alpha value is -1.36. The molecule has 0 fully saturated rings. The number of aryl methyl sites for hydroxylation is 1. The van der Waals surface area contributed by atoms with Crippen molar-refractivity contribution >= 4 is 11.6 Å². The molecule has 2 N–H and O–H groups in total. The SMILES string of the molecule is CCCc1nc(NC)c(C)c(N(CC)CCO)n1. The Bertz CT molecular complexity index is 381. The summed E-state index contributed by atoms with van der Waals surface area (Å²) in [4.78, 5) is 11.2. The summed E-state index contributed by atoms with van der Waals surface area (Å²) in [7, 11) is 1.87. The molecule has 5 heteroatoms. The number of hydrogen-bond acceptors (Lipinski definition) is 5. The molecule has 0 aliphatic carbocycles. The number of aliphatic hydroxyl groups excluding tert-OH is 1. The van der Waals surface area contributed by atoms with Gasteiger partial charge >= 0.3 is 0 Å². The lowest BCUT2D eigenvalue weighted by Crippen LogP contribution is -2.28. The molecule has 0 unspecified atom stereocenters. The van der Waals surface area contributed by atoms with Gasteiger partial charge in [0, 0.05) is 32.1 Å². The van der Waals surface area contributed by atoms with Crippen LogP contribution >= 0.6 is 0 Å². The van der Waals surface area contributed by atoms with Gasteiger partial charge in [-0.1, -0.05) is 6.92 Å². The number of likely N-dealkylation sites (N-methyl/N-ethyl adjacent to an activating group) is 1. The highest BCUT2D eigenvalue weighted by atomic mass is 16.3. The maximum Gasteiger partial charge on any atom is 0.137 e. The van der Waals surface area contributed by atoms with Crippen molar-refractivity contribution < 1.29 is 5.11 Å². The van der Waals surface area contributed by atoms with Crippen LogP contribution in [0, 0.1) is 6.92 Å². The number of aliphatic hydroxyl groups is 1. The molecule has 102 valence electrons. The first-order chi connectivity index (χ1) is 8.67. The number of anilines is 2. The van der Waals surface area contributed by atoms with Crippen LogP contribution in [0.3, 0.4) is 0 Å². The van der Waals surface area contributed by atoms with Crippen molar-refractivity contribution in [2.45, 2.75) is 33.6 Å². The van der Waals surface area contributed by atoms with E-state index in [9.17, 15) is 0 Å². The van der Waals surface area contributed by atoms with Gasteiger partial charge in [-0.15, -0.1) is 0 Å². The lowest BCUT2D eigenvalue weighted by molar-refractivity contribution is 0.302. The molecule has 0 radical (unpaired) electrons. The van der Waals surface area contributed by atoms with Crippen molar-refractivity contribution in [2.75, 3.05) is 37.0 Å². The number of nitrogens with one attached hydrogen (secondary N) is 1. The average Bonchev–Trinajstić information content (AvgIpc) is 2.38. The molecule has 0 atom stereocenters. The zero-order valence-electron chi connectivity index (χ0n) is 11.8. The molecule has 1 heterocycles. The Morgan fingerprint density at radius 2 is 2.00 bits per heavy atom. The van der Waals surface area contributed by atoms with Crippen molar-refractivity contribution in [3.63, 3.8) is 0 Å². The van der Waals surface area contributed by atoms with Crippen LogP contribution in [0.5, 0.6) is 0 Å². The molecule has 0 saturated carbocycles. The minimum atomic E-state index is 0.134. The highest BCUT2D eigenvalue weighted by Gasteiger charge is 2.14. The molecular weight excluding hydrogens is 228 g/mol. The largest absolute Gasteiger partial charge is 0.395 e. The van der Waals surface area contributed by atoms with Crippen LogP contribution in [0.15, 0.2) is 0 Å². The van der Waals surface area contributed by atoms with E-state index in [1.54, 1.807) is 0 Å². The second kappa shape index (κ2) is 7.16. The summed E-state index contributed by atoms with van der Waals surface area (Å²) in [5.41, 5.74) is 1.03. The van der Waals surface area contributed by atoms with Crippen LogP contribution in [-0.4, -0.2) is 41.8 Å². The third kappa shape index (κ3) is 3.32.